The lowest BCUT2D eigenvalue weighted by Gasteiger charge is -2.18. The van der Waals surface area contributed by atoms with Gasteiger partial charge in [0.1, 0.15) is 5.82 Å². The highest BCUT2D eigenvalue weighted by Crippen LogP contribution is 2.29. The number of hydrogen-bond acceptors (Lipinski definition) is 4. The Kier molecular flexibility index (Phi) is 2.98. The molecule has 19 heavy (non-hydrogen) atoms. The van der Waals surface area contributed by atoms with Crippen molar-refractivity contribution in [3.63, 3.8) is 0 Å². The molecule has 0 bridgehead atoms. The van der Waals surface area contributed by atoms with Gasteiger partial charge in [-0.2, -0.15) is 4.98 Å². The van der Waals surface area contributed by atoms with Crippen LogP contribution in [-0.2, 0) is 4.79 Å². The average Bonchev–Trinajstić information content (AvgIpc) is 2.87. The molecule has 0 radical (unpaired) electrons. The summed E-state index contributed by atoms with van der Waals surface area (Å²) in [6, 6.07) is 7.70. The average molecular weight is 277 g/mol. The zero-order valence-electron chi connectivity index (χ0n) is 10.2. The summed E-state index contributed by atoms with van der Waals surface area (Å²) >= 11 is 5.96. The van der Waals surface area contributed by atoms with Crippen molar-refractivity contribution in [2.24, 2.45) is 11.7 Å². The molecule has 1 aromatic carbocycles. The molecule has 1 aromatic heterocycles. The summed E-state index contributed by atoms with van der Waals surface area (Å²) < 4.78 is 0. The fraction of sp³-hybridized carbons (Fsp3) is 0.308. The Bertz CT molecular complexity index is 646. The fourth-order valence-corrected chi connectivity index (χ4v) is 2.63. The van der Waals surface area contributed by atoms with Gasteiger partial charge < -0.3 is 10.6 Å². The molecule has 1 saturated heterocycles. The van der Waals surface area contributed by atoms with E-state index < -0.39 is 0 Å². The van der Waals surface area contributed by atoms with Crippen LogP contribution in [-0.4, -0.2) is 29.0 Å². The predicted octanol–water partition coefficient (Wildman–Crippen LogP) is 1.59. The van der Waals surface area contributed by atoms with E-state index in [0.29, 0.717) is 6.54 Å². The number of amides is 1. The first-order valence-corrected chi connectivity index (χ1v) is 6.49. The van der Waals surface area contributed by atoms with Gasteiger partial charge in [0.2, 0.25) is 11.2 Å². The number of aromatic nitrogens is 2. The lowest BCUT2D eigenvalue weighted by Crippen LogP contribution is -2.27. The highest BCUT2D eigenvalue weighted by Gasteiger charge is 2.28. The van der Waals surface area contributed by atoms with Crippen LogP contribution in [0.25, 0.3) is 10.9 Å². The highest BCUT2D eigenvalue weighted by molar-refractivity contribution is 6.28. The summed E-state index contributed by atoms with van der Waals surface area (Å²) in [5.41, 5.74) is 6.16. The normalized spacial score (nSPS) is 19.0. The van der Waals surface area contributed by atoms with Crippen molar-refractivity contribution in [3.05, 3.63) is 29.5 Å². The lowest BCUT2D eigenvalue weighted by atomic mass is 10.1. The Labute approximate surface area is 115 Å². The largest absolute Gasteiger partial charge is 0.369 e. The van der Waals surface area contributed by atoms with E-state index in [4.69, 9.17) is 17.3 Å². The molecule has 1 unspecified atom stereocenters. The Hall–Kier alpha value is -1.88. The van der Waals surface area contributed by atoms with Crippen LogP contribution in [0.4, 0.5) is 5.82 Å². The van der Waals surface area contributed by atoms with Crippen molar-refractivity contribution < 1.29 is 4.79 Å². The van der Waals surface area contributed by atoms with Gasteiger partial charge in [-0.25, -0.2) is 4.98 Å². The molecule has 1 aliphatic rings. The van der Waals surface area contributed by atoms with Crippen molar-refractivity contribution in [1.29, 1.82) is 0 Å². The van der Waals surface area contributed by atoms with Crippen LogP contribution >= 0.6 is 11.6 Å². The minimum absolute atomic E-state index is 0.118. The zero-order chi connectivity index (χ0) is 13.4. The van der Waals surface area contributed by atoms with E-state index in [1.165, 1.54) is 0 Å². The van der Waals surface area contributed by atoms with Gasteiger partial charge in [0.15, 0.2) is 0 Å². The van der Waals surface area contributed by atoms with E-state index in [-0.39, 0.29) is 17.1 Å². The molecule has 5 nitrogen and oxygen atoms in total. The zero-order valence-corrected chi connectivity index (χ0v) is 11.0. The van der Waals surface area contributed by atoms with Crippen LogP contribution in [0, 0.1) is 5.92 Å². The third kappa shape index (κ3) is 2.21. The van der Waals surface area contributed by atoms with E-state index in [1.807, 2.05) is 29.2 Å². The molecule has 0 aliphatic carbocycles. The van der Waals surface area contributed by atoms with Gasteiger partial charge in [-0.3, -0.25) is 4.79 Å². The molecule has 1 atom stereocenters. The number of primary amides is 1. The summed E-state index contributed by atoms with van der Waals surface area (Å²) in [6.45, 7) is 1.34. The topological polar surface area (TPSA) is 72.1 Å². The van der Waals surface area contributed by atoms with Crippen LogP contribution < -0.4 is 10.6 Å². The van der Waals surface area contributed by atoms with Gasteiger partial charge in [0.25, 0.3) is 0 Å². The molecular formula is C13H13ClN4O. The number of halogens is 1. The van der Waals surface area contributed by atoms with E-state index in [2.05, 4.69) is 9.97 Å². The standard InChI is InChI=1S/C13H13ClN4O/c14-13-16-10-4-2-1-3-9(10)12(17-13)18-6-5-8(7-18)11(15)19/h1-4,8H,5-7H2,(H2,15,19). The first-order chi connectivity index (χ1) is 9.15. The first kappa shape index (κ1) is 12.2. The molecule has 2 aromatic rings. The minimum Gasteiger partial charge on any atom is -0.369 e. The van der Waals surface area contributed by atoms with Crippen molar-refractivity contribution in [1.82, 2.24) is 9.97 Å². The van der Waals surface area contributed by atoms with Crippen molar-refractivity contribution in [2.45, 2.75) is 6.42 Å². The third-order valence-corrected chi connectivity index (χ3v) is 3.62. The van der Waals surface area contributed by atoms with E-state index in [9.17, 15) is 4.79 Å². The van der Waals surface area contributed by atoms with Gasteiger partial charge in [0.05, 0.1) is 11.4 Å². The summed E-state index contributed by atoms with van der Waals surface area (Å²) in [4.78, 5) is 21.8. The van der Waals surface area contributed by atoms with Gasteiger partial charge >= 0.3 is 0 Å². The van der Waals surface area contributed by atoms with Crippen molar-refractivity contribution in [3.8, 4) is 0 Å². The van der Waals surface area contributed by atoms with Crippen LogP contribution in [0.5, 0.6) is 0 Å². The second kappa shape index (κ2) is 4.66. The van der Waals surface area contributed by atoms with E-state index in [1.54, 1.807) is 0 Å². The Morgan fingerprint density at radius 3 is 2.89 bits per heavy atom. The number of nitrogens with zero attached hydrogens (tertiary/aromatic N) is 3. The van der Waals surface area contributed by atoms with Gasteiger partial charge in [-0.05, 0) is 30.2 Å². The number of fused-ring (bicyclic) bond motifs is 1. The molecule has 0 spiro atoms. The molecule has 98 valence electrons. The van der Waals surface area contributed by atoms with Crippen LogP contribution in [0.1, 0.15) is 6.42 Å². The lowest BCUT2D eigenvalue weighted by molar-refractivity contribution is -0.121. The molecule has 2 N–H and O–H groups in total. The molecule has 1 aliphatic heterocycles. The number of hydrogen-bond donors (Lipinski definition) is 1. The third-order valence-electron chi connectivity index (χ3n) is 3.45. The van der Waals surface area contributed by atoms with E-state index in [0.717, 1.165) is 29.7 Å². The van der Waals surface area contributed by atoms with Gasteiger partial charge in [0, 0.05) is 18.5 Å². The SMILES string of the molecule is NC(=O)C1CCN(c2nc(Cl)nc3ccccc23)C1. The van der Waals surface area contributed by atoms with Crippen LogP contribution in [0.2, 0.25) is 5.28 Å². The molecule has 1 amide bonds. The fourth-order valence-electron chi connectivity index (χ4n) is 2.46. The number of anilines is 1. The molecular weight excluding hydrogens is 264 g/mol. The molecule has 0 saturated carbocycles. The maximum Gasteiger partial charge on any atom is 0.224 e. The van der Waals surface area contributed by atoms with Crippen molar-refractivity contribution in [2.75, 3.05) is 18.0 Å². The smallest absolute Gasteiger partial charge is 0.224 e. The summed E-state index contributed by atoms with van der Waals surface area (Å²) in [6.07, 6.45) is 0.755. The van der Waals surface area contributed by atoms with Crippen LogP contribution in [0.15, 0.2) is 24.3 Å². The number of carbonyl (C=O) groups excluding carboxylic acids is 1. The summed E-state index contributed by atoms with van der Waals surface area (Å²) in [7, 11) is 0. The summed E-state index contributed by atoms with van der Waals surface area (Å²) in [5, 5.41) is 1.16. The number of carbonyl (C=O) groups is 1. The Morgan fingerprint density at radius 1 is 1.37 bits per heavy atom. The molecule has 6 heteroatoms. The van der Waals surface area contributed by atoms with Crippen molar-refractivity contribution >= 4 is 34.2 Å². The maximum atomic E-state index is 11.2. The second-order valence-corrected chi connectivity index (χ2v) is 5.01. The van der Waals surface area contributed by atoms with Crippen LogP contribution in [0.3, 0.4) is 0 Å². The van der Waals surface area contributed by atoms with Gasteiger partial charge in [-0.15, -0.1) is 0 Å². The number of para-hydroxylation sites is 1. The maximum absolute atomic E-state index is 11.2. The monoisotopic (exact) mass is 276 g/mol. The molecule has 3 rings (SSSR count). The quantitative estimate of drug-likeness (QED) is 0.846. The Balaban J connectivity index is 2.03. The second-order valence-electron chi connectivity index (χ2n) is 4.67. The molecule has 1 fully saturated rings. The van der Waals surface area contributed by atoms with Gasteiger partial charge in [-0.1, -0.05) is 12.1 Å². The minimum atomic E-state index is -0.257. The van der Waals surface area contributed by atoms with E-state index >= 15 is 0 Å². The highest BCUT2D eigenvalue weighted by atomic mass is 35.5. The number of benzene rings is 1. The molecule has 2 heterocycles. The number of rotatable bonds is 2. The first-order valence-electron chi connectivity index (χ1n) is 6.11. The summed E-state index contributed by atoms with van der Waals surface area (Å²) in [5.74, 6) is 0.402. The number of nitrogens with two attached hydrogens (primary N) is 1. The predicted molar refractivity (Wildman–Crippen MR) is 74.1 cm³/mol. The Morgan fingerprint density at radius 2 is 2.16 bits per heavy atom.